The van der Waals surface area contributed by atoms with Crippen LogP contribution in [0.1, 0.15) is 31.9 Å². The van der Waals surface area contributed by atoms with Crippen molar-refractivity contribution in [1.29, 1.82) is 0 Å². The van der Waals surface area contributed by atoms with Crippen LogP contribution in [0.25, 0.3) is 0 Å². The number of aliphatic hydroxyl groups excluding tert-OH is 1. The molecule has 0 aliphatic rings. The van der Waals surface area contributed by atoms with Gasteiger partial charge in [-0.15, -0.1) is 0 Å². The molecule has 0 aliphatic carbocycles. The van der Waals surface area contributed by atoms with E-state index in [9.17, 15) is 19.8 Å². The fourth-order valence-corrected chi connectivity index (χ4v) is 2.53. The van der Waals surface area contributed by atoms with Gasteiger partial charge in [0.25, 0.3) is 0 Å². The van der Waals surface area contributed by atoms with Crippen LogP contribution >= 0.6 is 0 Å². The van der Waals surface area contributed by atoms with Gasteiger partial charge in [0.2, 0.25) is 0 Å². The Balaban J connectivity index is 2.41. The third-order valence-electron chi connectivity index (χ3n) is 4.00. The molecule has 1 aromatic heterocycles. The van der Waals surface area contributed by atoms with Gasteiger partial charge in [-0.25, -0.2) is 9.59 Å². The number of H-pyrrole nitrogens is 1. The van der Waals surface area contributed by atoms with Gasteiger partial charge in [-0.05, 0) is 32.9 Å². The Morgan fingerprint density at radius 3 is 2.55 bits per heavy atom. The molecule has 0 saturated carbocycles. The van der Waals surface area contributed by atoms with E-state index < -0.39 is 29.7 Å². The van der Waals surface area contributed by atoms with Crippen molar-refractivity contribution in [3.05, 3.63) is 59.4 Å². The van der Waals surface area contributed by atoms with Gasteiger partial charge in [-0.3, -0.25) is 5.10 Å². The van der Waals surface area contributed by atoms with Crippen LogP contribution in [0.5, 0.6) is 5.75 Å². The normalized spacial score (nSPS) is 13.6. The smallest absolute Gasteiger partial charge is 0.335 e. The third kappa shape index (κ3) is 7.62. The molecule has 2 aromatic rings. The van der Waals surface area contributed by atoms with Crippen molar-refractivity contribution in [2.24, 2.45) is 0 Å². The Labute approximate surface area is 179 Å². The number of hydrogen-bond acceptors (Lipinski definition) is 6. The standard InChI is InChI=1S/C22H25N3O6/c1-22(2,3)23-13-17(26)20(16(21(29)30)10-19(27)28)31-18-7-5-4-6-15(18)9-8-14-11-24-25-12-14/h4-7,10-12,17,20,23,26H,13H2,1-3H3,(H,24,25)(H,27,28)(H,29,30)/b16-10-. The fourth-order valence-electron chi connectivity index (χ4n) is 2.53. The maximum atomic E-state index is 11.8. The summed E-state index contributed by atoms with van der Waals surface area (Å²) < 4.78 is 5.84. The number of carbonyl (C=O) groups is 2. The number of aromatic amines is 1. The molecule has 9 heteroatoms. The Hall–Kier alpha value is -3.61. The number of rotatable bonds is 8. The lowest BCUT2D eigenvalue weighted by molar-refractivity contribution is -0.136. The van der Waals surface area contributed by atoms with Crippen molar-refractivity contribution in [2.45, 2.75) is 38.5 Å². The first-order chi connectivity index (χ1) is 14.6. The van der Waals surface area contributed by atoms with Crippen LogP contribution in [0, 0.1) is 11.8 Å². The summed E-state index contributed by atoms with van der Waals surface area (Å²) in [5.41, 5.74) is 0.121. The van der Waals surface area contributed by atoms with Crippen molar-refractivity contribution in [2.75, 3.05) is 6.54 Å². The molecule has 0 spiro atoms. The number of nitrogens with one attached hydrogen (secondary N) is 2. The molecule has 0 radical (unpaired) electrons. The van der Waals surface area contributed by atoms with Crippen molar-refractivity contribution < 1.29 is 29.6 Å². The Kier molecular flexibility index (Phi) is 7.96. The predicted molar refractivity (Wildman–Crippen MR) is 113 cm³/mol. The lowest BCUT2D eigenvalue weighted by atomic mass is 10.0. The van der Waals surface area contributed by atoms with E-state index in [0.717, 1.165) is 0 Å². The van der Waals surface area contributed by atoms with Gasteiger partial charge in [0.1, 0.15) is 11.9 Å². The van der Waals surface area contributed by atoms with Crippen LogP contribution in [-0.4, -0.2) is 61.7 Å². The number of nitrogens with zero attached hydrogens (tertiary/aromatic N) is 1. The minimum atomic E-state index is -1.51. The lowest BCUT2D eigenvalue weighted by Crippen LogP contribution is -2.47. The second-order valence-electron chi connectivity index (χ2n) is 7.71. The first kappa shape index (κ1) is 23.7. The highest BCUT2D eigenvalue weighted by molar-refractivity contribution is 5.95. The van der Waals surface area contributed by atoms with E-state index in [4.69, 9.17) is 9.84 Å². The van der Waals surface area contributed by atoms with Crippen LogP contribution in [0.4, 0.5) is 0 Å². The van der Waals surface area contributed by atoms with Crippen molar-refractivity contribution >= 4 is 11.9 Å². The molecule has 0 amide bonds. The predicted octanol–water partition coefficient (Wildman–Crippen LogP) is 1.40. The first-order valence-corrected chi connectivity index (χ1v) is 9.44. The molecular formula is C22H25N3O6. The SMILES string of the molecule is CC(C)(C)NCC(O)C(Oc1ccccc1C#Cc1cn[nH]c1)/C(=C/C(=O)O)C(=O)O. The summed E-state index contributed by atoms with van der Waals surface area (Å²) in [7, 11) is 0. The van der Waals surface area contributed by atoms with E-state index in [1.54, 1.807) is 36.7 Å². The molecule has 1 heterocycles. The zero-order chi connectivity index (χ0) is 23.0. The van der Waals surface area contributed by atoms with E-state index in [-0.39, 0.29) is 17.8 Å². The summed E-state index contributed by atoms with van der Waals surface area (Å²) in [5, 5.41) is 38.9. The molecular weight excluding hydrogens is 402 g/mol. The highest BCUT2D eigenvalue weighted by atomic mass is 16.5. The number of carboxylic acid groups (broad SMARTS) is 2. The Bertz CT molecular complexity index is 996. The molecule has 164 valence electrons. The largest absolute Gasteiger partial charge is 0.481 e. The molecule has 5 N–H and O–H groups in total. The molecule has 9 nitrogen and oxygen atoms in total. The summed E-state index contributed by atoms with van der Waals surface area (Å²) in [6, 6.07) is 6.62. The second kappa shape index (κ2) is 10.4. The first-order valence-electron chi connectivity index (χ1n) is 9.44. The summed E-state index contributed by atoms with van der Waals surface area (Å²) in [6.45, 7) is 5.60. The number of aliphatic hydroxyl groups is 1. The van der Waals surface area contributed by atoms with Gasteiger partial charge >= 0.3 is 11.9 Å². The minimum Gasteiger partial charge on any atom is -0.481 e. The molecule has 0 aliphatic heterocycles. The van der Waals surface area contributed by atoms with E-state index in [1.165, 1.54) is 0 Å². The zero-order valence-electron chi connectivity index (χ0n) is 17.4. The van der Waals surface area contributed by atoms with Gasteiger partial charge < -0.3 is 25.4 Å². The summed E-state index contributed by atoms with van der Waals surface area (Å²) in [4.78, 5) is 22.9. The molecule has 0 fully saturated rings. The fraction of sp³-hybridized carbons (Fsp3) is 0.318. The third-order valence-corrected chi connectivity index (χ3v) is 4.00. The summed E-state index contributed by atoms with van der Waals surface area (Å²) in [6.07, 6.45) is 0.863. The number of carboxylic acids is 2. The number of aromatic nitrogens is 2. The van der Waals surface area contributed by atoms with Gasteiger partial charge in [-0.2, -0.15) is 5.10 Å². The number of hydrogen-bond donors (Lipinski definition) is 5. The number of β-amino-alcohol motifs (C(OH)–C–C–N with tert-alkyl or cyclic N) is 1. The number of aliphatic carboxylic acids is 2. The van der Waals surface area contributed by atoms with E-state index >= 15 is 0 Å². The van der Waals surface area contributed by atoms with E-state index in [1.807, 2.05) is 20.8 Å². The van der Waals surface area contributed by atoms with Crippen LogP contribution in [-0.2, 0) is 9.59 Å². The monoisotopic (exact) mass is 427 g/mol. The van der Waals surface area contributed by atoms with Crippen molar-refractivity contribution in [3.63, 3.8) is 0 Å². The molecule has 2 rings (SSSR count). The quantitative estimate of drug-likeness (QED) is 0.314. The average Bonchev–Trinajstić information content (AvgIpc) is 3.20. The Morgan fingerprint density at radius 2 is 1.97 bits per heavy atom. The number of ether oxygens (including phenoxy) is 1. The molecule has 2 unspecified atom stereocenters. The summed E-state index contributed by atoms with van der Waals surface area (Å²) in [5.74, 6) is 3.03. The maximum absolute atomic E-state index is 11.8. The number of para-hydroxylation sites is 1. The molecule has 31 heavy (non-hydrogen) atoms. The highest BCUT2D eigenvalue weighted by Gasteiger charge is 2.32. The highest BCUT2D eigenvalue weighted by Crippen LogP contribution is 2.23. The van der Waals surface area contributed by atoms with Crippen LogP contribution in [0.3, 0.4) is 0 Å². The second-order valence-corrected chi connectivity index (χ2v) is 7.71. The number of benzene rings is 1. The average molecular weight is 427 g/mol. The molecule has 1 aromatic carbocycles. The van der Waals surface area contributed by atoms with Gasteiger partial charge in [0.15, 0.2) is 6.10 Å². The van der Waals surface area contributed by atoms with Crippen molar-refractivity contribution in [3.8, 4) is 17.6 Å². The van der Waals surface area contributed by atoms with E-state index in [0.29, 0.717) is 17.2 Å². The molecule has 0 saturated heterocycles. The minimum absolute atomic E-state index is 0.0265. The topological polar surface area (TPSA) is 145 Å². The molecule has 0 bridgehead atoms. The lowest BCUT2D eigenvalue weighted by Gasteiger charge is -2.28. The van der Waals surface area contributed by atoms with Crippen LogP contribution in [0.15, 0.2) is 48.3 Å². The molecule has 2 atom stereocenters. The summed E-state index contributed by atoms with van der Waals surface area (Å²) >= 11 is 0. The zero-order valence-corrected chi connectivity index (χ0v) is 17.4. The van der Waals surface area contributed by atoms with E-state index in [2.05, 4.69) is 27.4 Å². The maximum Gasteiger partial charge on any atom is 0.335 e. The van der Waals surface area contributed by atoms with Gasteiger partial charge in [0, 0.05) is 24.4 Å². The Morgan fingerprint density at radius 1 is 1.26 bits per heavy atom. The van der Waals surface area contributed by atoms with Gasteiger partial charge in [-0.1, -0.05) is 24.0 Å². The van der Waals surface area contributed by atoms with Gasteiger partial charge in [0.05, 0.1) is 22.9 Å². The van der Waals surface area contributed by atoms with Crippen LogP contribution < -0.4 is 10.1 Å². The van der Waals surface area contributed by atoms with Crippen LogP contribution in [0.2, 0.25) is 0 Å². The van der Waals surface area contributed by atoms with Crippen molar-refractivity contribution in [1.82, 2.24) is 15.5 Å².